The van der Waals surface area contributed by atoms with Gasteiger partial charge in [0.05, 0.1) is 0 Å². The van der Waals surface area contributed by atoms with Crippen molar-refractivity contribution in [3.63, 3.8) is 0 Å². The highest BCUT2D eigenvalue weighted by Crippen LogP contribution is 2.15. The molecule has 0 saturated carbocycles. The predicted octanol–water partition coefficient (Wildman–Crippen LogP) is 2.85. The fraction of sp³-hybridized carbons (Fsp3) is 0.235. The lowest BCUT2D eigenvalue weighted by Crippen LogP contribution is -2.28. The largest absolute Gasteiger partial charge is 0.396 e. The number of nitrogens with one attached hydrogen (secondary N) is 2. The first-order valence-corrected chi connectivity index (χ1v) is 6.99. The van der Waals surface area contributed by atoms with E-state index in [2.05, 4.69) is 10.6 Å². The molecule has 2 aromatic rings. The van der Waals surface area contributed by atoms with E-state index in [9.17, 15) is 4.79 Å². The molecule has 2 amide bonds. The first-order chi connectivity index (χ1) is 10.2. The van der Waals surface area contributed by atoms with Crippen molar-refractivity contribution in [2.75, 3.05) is 11.9 Å². The number of hydrogen-bond donors (Lipinski definition) is 3. The first-order valence-electron chi connectivity index (χ1n) is 6.99. The van der Waals surface area contributed by atoms with E-state index in [-0.39, 0.29) is 12.6 Å². The zero-order valence-electron chi connectivity index (χ0n) is 12.1. The second-order valence-electron chi connectivity index (χ2n) is 4.86. The molecule has 0 radical (unpaired) electrons. The van der Waals surface area contributed by atoms with Gasteiger partial charge < -0.3 is 15.7 Å². The number of carbonyl (C=O) groups excluding carboxylic acids is 1. The third-order valence-electron chi connectivity index (χ3n) is 3.35. The van der Waals surface area contributed by atoms with Crippen molar-refractivity contribution < 1.29 is 9.90 Å². The van der Waals surface area contributed by atoms with Gasteiger partial charge in [-0.3, -0.25) is 0 Å². The first kappa shape index (κ1) is 15.1. The van der Waals surface area contributed by atoms with Crippen LogP contribution in [0.15, 0.2) is 48.5 Å². The van der Waals surface area contributed by atoms with E-state index in [4.69, 9.17) is 5.11 Å². The minimum Gasteiger partial charge on any atom is -0.396 e. The molecule has 0 bridgehead atoms. The van der Waals surface area contributed by atoms with Crippen LogP contribution in [0, 0.1) is 6.92 Å². The number of rotatable bonds is 5. The molecular weight excluding hydrogens is 264 g/mol. The molecular formula is C17H20N2O2. The molecule has 0 saturated heterocycles. The maximum Gasteiger partial charge on any atom is 0.319 e. The Hall–Kier alpha value is -2.33. The Bertz CT molecular complexity index is 611. The molecule has 0 aliphatic rings. The van der Waals surface area contributed by atoms with Crippen molar-refractivity contribution in [3.8, 4) is 0 Å². The highest BCUT2D eigenvalue weighted by atomic mass is 16.3. The van der Waals surface area contributed by atoms with Crippen molar-refractivity contribution in [3.05, 3.63) is 65.2 Å². The Morgan fingerprint density at radius 1 is 1.05 bits per heavy atom. The molecule has 0 heterocycles. The molecule has 110 valence electrons. The number of aliphatic hydroxyl groups is 1. The van der Waals surface area contributed by atoms with Gasteiger partial charge in [0.15, 0.2) is 0 Å². The molecule has 0 fully saturated rings. The Morgan fingerprint density at radius 3 is 2.43 bits per heavy atom. The van der Waals surface area contributed by atoms with Gasteiger partial charge in [-0.25, -0.2) is 4.79 Å². The zero-order valence-corrected chi connectivity index (χ0v) is 12.1. The molecule has 0 aliphatic carbocycles. The normalized spacial score (nSPS) is 10.2. The van der Waals surface area contributed by atoms with E-state index in [1.54, 1.807) is 0 Å². The third-order valence-corrected chi connectivity index (χ3v) is 3.35. The molecule has 21 heavy (non-hydrogen) atoms. The molecule has 0 aromatic heterocycles. The summed E-state index contributed by atoms with van der Waals surface area (Å²) >= 11 is 0. The summed E-state index contributed by atoms with van der Waals surface area (Å²) in [5.41, 5.74) is 3.90. The number of anilines is 1. The minimum atomic E-state index is -0.247. The highest BCUT2D eigenvalue weighted by Gasteiger charge is 2.06. The molecule has 2 aromatic carbocycles. The van der Waals surface area contributed by atoms with Crippen LogP contribution < -0.4 is 10.6 Å². The second-order valence-corrected chi connectivity index (χ2v) is 4.86. The van der Waals surface area contributed by atoms with Gasteiger partial charge in [0.1, 0.15) is 0 Å². The fourth-order valence-electron chi connectivity index (χ4n) is 2.13. The van der Waals surface area contributed by atoms with Gasteiger partial charge in [-0.15, -0.1) is 0 Å². The van der Waals surface area contributed by atoms with Crippen molar-refractivity contribution in [1.29, 1.82) is 0 Å². The number of aliphatic hydroxyl groups excluding tert-OH is 1. The average molecular weight is 284 g/mol. The quantitative estimate of drug-likeness (QED) is 0.790. The smallest absolute Gasteiger partial charge is 0.319 e. The maximum absolute atomic E-state index is 12.0. The lowest BCUT2D eigenvalue weighted by Gasteiger charge is -2.12. The van der Waals surface area contributed by atoms with E-state index in [0.717, 1.165) is 22.4 Å². The molecule has 4 heteroatoms. The number of para-hydroxylation sites is 1. The van der Waals surface area contributed by atoms with E-state index in [1.165, 1.54) is 0 Å². The number of amides is 2. The number of aryl methyl sites for hydroxylation is 1. The Balaban J connectivity index is 1.95. The Kier molecular flexibility index (Phi) is 5.35. The summed E-state index contributed by atoms with van der Waals surface area (Å²) in [6.07, 6.45) is 0.522. The topological polar surface area (TPSA) is 61.4 Å². The van der Waals surface area contributed by atoms with Crippen LogP contribution in [0.1, 0.15) is 16.7 Å². The summed E-state index contributed by atoms with van der Waals surface area (Å²) in [5.74, 6) is 0. The van der Waals surface area contributed by atoms with Crippen molar-refractivity contribution in [1.82, 2.24) is 5.32 Å². The molecule has 3 N–H and O–H groups in total. The van der Waals surface area contributed by atoms with Crippen LogP contribution in [0.5, 0.6) is 0 Å². The van der Waals surface area contributed by atoms with Gasteiger partial charge in [0.2, 0.25) is 0 Å². The number of urea groups is 1. The summed E-state index contributed by atoms with van der Waals surface area (Å²) < 4.78 is 0. The molecule has 4 nitrogen and oxygen atoms in total. The van der Waals surface area contributed by atoms with Crippen LogP contribution in [0.3, 0.4) is 0 Å². The summed E-state index contributed by atoms with van der Waals surface area (Å²) in [6.45, 7) is 2.57. The van der Waals surface area contributed by atoms with Crippen LogP contribution in [0.4, 0.5) is 10.5 Å². The zero-order chi connectivity index (χ0) is 15.1. The summed E-state index contributed by atoms with van der Waals surface area (Å²) in [6, 6.07) is 15.2. The summed E-state index contributed by atoms with van der Waals surface area (Å²) in [7, 11) is 0. The van der Waals surface area contributed by atoms with Crippen molar-refractivity contribution >= 4 is 11.7 Å². The van der Waals surface area contributed by atoms with Gasteiger partial charge >= 0.3 is 6.03 Å². The molecule has 0 aliphatic heterocycles. The summed E-state index contributed by atoms with van der Waals surface area (Å²) in [4.78, 5) is 12.0. The standard InChI is InChI=1S/C17H20N2O2/c1-13-6-2-3-8-15(13)12-18-17(21)19-16-9-5-4-7-14(16)10-11-20/h2-9,20H,10-12H2,1H3,(H2,18,19,21). The van der Waals surface area contributed by atoms with E-state index >= 15 is 0 Å². The van der Waals surface area contributed by atoms with Gasteiger partial charge in [0, 0.05) is 18.8 Å². The molecule has 0 unspecified atom stereocenters. The SMILES string of the molecule is Cc1ccccc1CNC(=O)Nc1ccccc1CCO. The van der Waals surface area contributed by atoms with Crippen molar-refractivity contribution in [2.24, 2.45) is 0 Å². The van der Waals surface area contributed by atoms with Crippen LogP contribution in [0.25, 0.3) is 0 Å². The Morgan fingerprint density at radius 2 is 1.71 bits per heavy atom. The van der Waals surface area contributed by atoms with Crippen LogP contribution >= 0.6 is 0 Å². The van der Waals surface area contributed by atoms with Gasteiger partial charge in [-0.1, -0.05) is 42.5 Å². The number of benzene rings is 2. The van der Waals surface area contributed by atoms with E-state index in [1.807, 2.05) is 55.5 Å². The lowest BCUT2D eigenvalue weighted by molar-refractivity contribution is 0.251. The predicted molar refractivity (Wildman–Crippen MR) is 84.3 cm³/mol. The molecule has 0 spiro atoms. The number of hydrogen-bond acceptors (Lipinski definition) is 2. The minimum absolute atomic E-state index is 0.0591. The summed E-state index contributed by atoms with van der Waals surface area (Å²) in [5, 5.41) is 14.7. The second kappa shape index (κ2) is 7.45. The maximum atomic E-state index is 12.0. The number of carbonyl (C=O) groups is 1. The van der Waals surface area contributed by atoms with Gasteiger partial charge in [-0.05, 0) is 36.1 Å². The lowest BCUT2D eigenvalue weighted by atomic mass is 10.1. The van der Waals surface area contributed by atoms with Gasteiger partial charge in [0.25, 0.3) is 0 Å². The fourth-order valence-corrected chi connectivity index (χ4v) is 2.13. The van der Waals surface area contributed by atoms with Gasteiger partial charge in [-0.2, -0.15) is 0 Å². The monoisotopic (exact) mass is 284 g/mol. The molecule has 0 atom stereocenters. The van der Waals surface area contributed by atoms with Crippen LogP contribution in [-0.2, 0) is 13.0 Å². The van der Waals surface area contributed by atoms with E-state index < -0.39 is 0 Å². The highest BCUT2D eigenvalue weighted by molar-refractivity contribution is 5.90. The van der Waals surface area contributed by atoms with Crippen LogP contribution in [-0.4, -0.2) is 17.7 Å². The van der Waals surface area contributed by atoms with Crippen molar-refractivity contribution in [2.45, 2.75) is 19.9 Å². The molecule has 2 rings (SSSR count). The van der Waals surface area contributed by atoms with Crippen LogP contribution in [0.2, 0.25) is 0 Å². The third kappa shape index (κ3) is 4.33. The Labute approximate surface area is 124 Å². The van der Waals surface area contributed by atoms with E-state index in [0.29, 0.717) is 13.0 Å². The average Bonchev–Trinajstić information content (AvgIpc) is 2.49.